The van der Waals surface area contributed by atoms with E-state index in [1.165, 1.54) is 27.1 Å². The van der Waals surface area contributed by atoms with Crippen molar-refractivity contribution in [3.8, 4) is 16.9 Å². The molecule has 0 saturated heterocycles. The fourth-order valence-corrected chi connectivity index (χ4v) is 3.85. The molecule has 0 fully saturated rings. The first-order valence-corrected chi connectivity index (χ1v) is 10.3. The van der Waals surface area contributed by atoms with Crippen molar-refractivity contribution in [2.24, 2.45) is 10.9 Å². The Morgan fingerprint density at radius 1 is 0.897 bits per heavy atom. The number of hydrogen-bond donors (Lipinski definition) is 0. The van der Waals surface area contributed by atoms with E-state index in [0.29, 0.717) is 5.92 Å². The third-order valence-electron chi connectivity index (χ3n) is 5.66. The molecule has 2 heteroatoms. The minimum absolute atomic E-state index is 0.596. The van der Waals surface area contributed by atoms with E-state index in [4.69, 9.17) is 9.73 Å². The molecule has 0 unspecified atom stereocenters. The van der Waals surface area contributed by atoms with Crippen LogP contribution in [0.5, 0.6) is 5.75 Å². The van der Waals surface area contributed by atoms with E-state index in [1.807, 2.05) is 6.21 Å². The van der Waals surface area contributed by atoms with Crippen molar-refractivity contribution >= 4 is 27.8 Å². The summed E-state index contributed by atoms with van der Waals surface area (Å²) in [5, 5.41) is 4.84. The van der Waals surface area contributed by atoms with Gasteiger partial charge in [-0.3, -0.25) is 4.99 Å². The van der Waals surface area contributed by atoms with Gasteiger partial charge in [0.25, 0.3) is 0 Å². The second-order valence-electron chi connectivity index (χ2n) is 7.62. The number of methoxy groups -OCH3 is 1. The zero-order valence-electron chi connectivity index (χ0n) is 17.4. The van der Waals surface area contributed by atoms with Gasteiger partial charge in [-0.05, 0) is 39.1 Å². The van der Waals surface area contributed by atoms with Gasteiger partial charge in [0.05, 0.1) is 7.11 Å². The Balaban J connectivity index is 1.97. The maximum atomic E-state index is 5.79. The summed E-state index contributed by atoms with van der Waals surface area (Å²) >= 11 is 0. The van der Waals surface area contributed by atoms with Gasteiger partial charge in [-0.25, -0.2) is 0 Å². The molecular formula is C27H27NO. The number of ether oxygens (including phenoxy) is 1. The Morgan fingerprint density at radius 2 is 1.66 bits per heavy atom. The van der Waals surface area contributed by atoms with Crippen LogP contribution in [-0.2, 0) is 0 Å². The van der Waals surface area contributed by atoms with Crippen molar-refractivity contribution in [2.45, 2.75) is 20.3 Å². The van der Waals surface area contributed by atoms with Crippen LogP contribution in [0.15, 0.2) is 77.8 Å². The van der Waals surface area contributed by atoms with Crippen LogP contribution in [0, 0.1) is 5.92 Å². The van der Waals surface area contributed by atoms with Crippen LogP contribution in [0.4, 0.5) is 0 Å². The lowest BCUT2D eigenvalue weighted by atomic mass is 9.91. The highest BCUT2D eigenvalue weighted by Gasteiger charge is 2.15. The molecule has 1 atom stereocenters. The van der Waals surface area contributed by atoms with Crippen molar-refractivity contribution in [2.75, 3.05) is 13.7 Å². The molecule has 146 valence electrons. The van der Waals surface area contributed by atoms with Crippen molar-refractivity contribution in [1.82, 2.24) is 0 Å². The number of nitrogens with zero attached hydrogens (tertiary/aromatic N) is 1. The topological polar surface area (TPSA) is 21.6 Å². The van der Waals surface area contributed by atoms with Crippen LogP contribution in [-0.4, -0.2) is 19.9 Å². The van der Waals surface area contributed by atoms with Crippen LogP contribution in [0.25, 0.3) is 32.7 Å². The van der Waals surface area contributed by atoms with E-state index in [-0.39, 0.29) is 0 Å². The van der Waals surface area contributed by atoms with Gasteiger partial charge < -0.3 is 4.74 Å². The average Bonchev–Trinajstić information content (AvgIpc) is 2.77. The highest BCUT2D eigenvalue weighted by Crippen LogP contribution is 2.41. The maximum absolute atomic E-state index is 5.79. The zero-order valence-corrected chi connectivity index (χ0v) is 17.4. The van der Waals surface area contributed by atoms with E-state index in [1.54, 1.807) is 7.11 Å². The Morgan fingerprint density at radius 3 is 2.45 bits per heavy atom. The molecule has 0 radical (unpaired) electrons. The minimum Gasteiger partial charge on any atom is -0.496 e. The van der Waals surface area contributed by atoms with Gasteiger partial charge in [-0.15, -0.1) is 0 Å². The number of fused-ring (bicyclic) bond motifs is 2. The van der Waals surface area contributed by atoms with Crippen LogP contribution in [0.1, 0.15) is 25.8 Å². The summed E-state index contributed by atoms with van der Waals surface area (Å²) in [5.74, 6) is 1.49. The summed E-state index contributed by atoms with van der Waals surface area (Å²) in [6.07, 6.45) is 3.18. The quantitative estimate of drug-likeness (QED) is 0.325. The highest BCUT2D eigenvalue weighted by molar-refractivity contribution is 6.12. The molecule has 4 aromatic rings. The first kappa shape index (κ1) is 19.2. The van der Waals surface area contributed by atoms with Gasteiger partial charge in [0.2, 0.25) is 0 Å². The van der Waals surface area contributed by atoms with Crippen LogP contribution in [0.3, 0.4) is 0 Å². The number of rotatable bonds is 6. The van der Waals surface area contributed by atoms with Gasteiger partial charge in [-0.2, -0.15) is 0 Å². The summed E-state index contributed by atoms with van der Waals surface area (Å²) in [5.41, 5.74) is 3.47. The summed E-state index contributed by atoms with van der Waals surface area (Å²) < 4.78 is 5.79. The zero-order chi connectivity index (χ0) is 20.2. The van der Waals surface area contributed by atoms with Crippen LogP contribution in [0.2, 0.25) is 0 Å². The van der Waals surface area contributed by atoms with Gasteiger partial charge >= 0.3 is 0 Å². The molecular weight excluding hydrogens is 354 g/mol. The van der Waals surface area contributed by atoms with Gasteiger partial charge in [0.15, 0.2) is 0 Å². The largest absolute Gasteiger partial charge is 0.496 e. The normalized spacial score (nSPS) is 12.7. The second-order valence-corrected chi connectivity index (χ2v) is 7.62. The lowest BCUT2D eigenvalue weighted by Crippen LogP contribution is -1.98. The summed E-state index contributed by atoms with van der Waals surface area (Å²) in [6, 6.07) is 25.6. The molecule has 2 nitrogen and oxygen atoms in total. The van der Waals surface area contributed by atoms with E-state index in [0.717, 1.165) is 29.8 Å². The van der Waals surface area contributed by atoms with Crippen LogP contribution >= 0.6 is 0 Å². The molecule has 4 rings (SSSR count). The SMILES string of the molecule is CC[C@H](C)CN=Cc1cccc2cccc(-c3c(OC)ccc4ccccc34)c12. The molecule has 0 aromatic heterocycles. The summed E-state index contributed by atoms with van der Waals surface area (Å²) in [7, 11) is 1.74. The van der Waals surface area contributed by atoms with Gasteiger partial charge in [0, 0.05) is 23.9 Å². The maximum Gasteiger partial charge on any atom is 0.127 e. The van der Waals surface area contributed by atoms with Crippen molar-refractivity contribution in [3.63, 3.8) is 0 Å². The van der Waals surface area contributed by atoms with Crippen molar-refractivity contribution in [3.05, 3.63) is 78.4 Å². The predicted molar refractivity (Wildman–Crippen MR) is 125 cm³/mol. The van der Waals surface area contributed by atoms with E-state index in [2.05, 4.69) is 86.6 Å². The smallest absolute Gasteiger partial charge is 0.127 e. The van der Waals surface area contributed by atoms with E-state index < -0.39 is 0 Å². The van der Waals surface area contributed by atoms with E-state index in [9.17, 15) is 0 Å². The van der Waals surface area contributed by atoms with Crippen LogP contribution < -0.4 is 4.74 Å². The fourth-order valence-electron chi connectivity index (χ4n) is 3.85. The van der Waals surface area contributed by atoms with Crippen molar-refractivity contribution < 1.29 is 4.74 Å². The molecule has 0 spiro atoms. The summed E-state index contributed by atoms with van der Waals surface area (Å²) in [6.45, 7) is 5.31. The average molecular weight is 382 g/mol. The first-order chi connectivity index (χ1) is 14.2. The molecule has 29 heavy (non-hydrogen) atoms. The molecule has 0 amide bonds. The molecule has 0 bridgehead atoms. The molecule has 0 heterocycles. The number of aliphatic imine (C=N–C) groups is 1. The molecule has 4 aromatic carbocycles. The lowest BCUT2D eigenvalue weighted by Gasteiger charge is -2.16. The monoisotopic (exact) mass is 381 g/mol. The first-order valence-electron chi connectivity index (χ1n) is 10.3. The van der Waals surface area contributed by atoms with Gasteiger partial charge in [-0.1, -0.05) is 87.0 Å². The molecule has 0 aliphatic rings. The standard InChI is InChI=1S/C27H27NO/c1-4-19(2)17-28-18-22-12-7-10-21-11-8-14-24(26(21)22)27-23-13-6-5-9-20(23)15-16-25(27)29-3/h5-16,18-19H,4,17H2,1-3H3/t19-/m0/s1. The molecule has 0 saturated carbocycles. The number of benzene rings is 4. The second kappa shape index (κ2) is 8.48. The lowest BCUT2D eigenvalue weighted by molar-refractivity contribution is 0.417. The Hall–Kier alpha value is -3.13. The Kier molecular flexibility index (Phi) is 5.62. The van der Waals surface area contributed by atoms with E-state index >= 15 is 0 Å². The third kappa shape index (κ3) is 3.75. The Labute approximate surface area is 172 Å². The summed E-state index contributed by atoms with van der Waals surface area (Å²) in [4.78, 5) is 4.75. The fraction of sp³-hybridized carbons (Fsp3) is 0.222. The highest BCUT2D eigenvalue weighted by atomic mass is 16.5. The molecule has 0 N–H and O–H groups in total. The molecule has 0 aliphatic carbocycles. The van der Waals surface area contributed by atoms with Crippen molar-refractivity contribution in [1.29, 1.82) is 0 Å². The Bertz CT molecular complexity index is 1170. The third-order valence-corrected chi connectivity index (χ3v) is 5.66. The minimum atomic E-state index is 0.596. The molecule has 0 aliphatic heterocycles. The number of hydrogen-bond acceptors (Lipinski definition) is 2. The van der Waals surface area contributed by atoms with Gasteiger partial charge in [0.1, 0.15) is 5.75 Å². The predicted octanol–water partition coefficient (Wildman–Crippen LogP) is 7.13.